The van der Waals surface area contributed by atoms with Crippen LogP contribution >= 0.6 is 22.9 Å². The first-order valence-corrected chi connectivity index (χ1v) is 6.66. The standard InChI is InChI=1S/C13H12ClNOS/c1-13(2)7-16-12(15-13)11-10(14)8-5-3-4-6-9(8)17-11/h3-6H,7H2,1-2H3. The SMILES string of the molecule is CC1(C)COC(c2sc3ccccc3c2Cl)=N1. The average molecular weight is 266 g/mol. The lowest BCUT2D eigenvalue weighted by molar-refractivity contribution is 0.280. The number of benzene rings is 1. The van der Waals surface area contributed by atoms with Crippen LogP contribution in [0.5, 0.6) is 0 Å². The fourth-order valence-electron chi connectivity index (χ4n) is 1.85. The molecule has 0 amide bonds. The lowest BCUT2D eigenvalue weighted by atomic mass is 10.1. The largest absolute Gasteiger partial charge is 0.474 e. The minimum Gasteiger partial charge on any atom is -0.474 e. The molecule has 4 heteroatoms. The zero-order chi connectivity index (χ0) is 12.0. The van der Waals surface area contributed by atoms with Gasteiger partial charge in [0.05, 0.1) is 10.6 Å². The summed E-state index contributed by atoms with van der Waals surface area (Å²) in [5.74, 6) is 0.682. The Kier molecular flexibility index (Phi) is 2.42. The van der Waals surface area contributed by atoms with E-state index in [1.54, 1.807) is 11.3 Å². The quantitative estimate of drug-likeness (QED) is 0.760. The zero-order valence-corrected chi connectivity index (χ0v) is 11.2. The zero-order valence-electron chi connectivity index (χ0n) is 9.66. The van der Waals surface area contributed by atoms with Crippen molar-refractivity contribution in [2.24, 2.45) is 4.99 Å². The summed E-state index contributed by atoms with van der Waals surface area (Å²) in [5, 5.41) is 1.83. The number of rotatable bonds is 1. The maximum Gasteiger partial charge on any atom is 0.228 e. The Labute approximate surface area is 109 Å². The molecular weight excluding hydrogens is 254 g/mol. The summed E-state index contributed by atoms with van der Waals surface area (Å²) in [7, 11) is 0. The van der Waals surface area contributed by atoms with Gasteiger partial charge in [-0.05, 0) is 19.9 Å². The monoisotopic (exact) mass is 265 g/mol. The van der Waals surface area contributed by atoms with Crippen LogP contribution in [0, 0.1) is 0 Å². The van der Waals surface area contributed by atoms with E-state index in [0.29, 0.717) is 12.5 Å². The van der Waals surface area contributed by atoms with Crippen molar-refractivity contribution in [1.82, 2.24) is 0 Å². The Morgan fingerprint density at radius 3 is 2.76 bits per heavy atom. The molecule has 1 aromatic carbocycles. The molecule has 88 valence electrons. The molecule has 1 aliphatic heterocycles. The van der Waals surface area contributed by atoms with Crippen molar-refractivity contribution in [2.45, 2.75) is 19.4 Å². The summed E-state index contributed by atoms with van der Waals surface area (Å²) < 4.78 is 6.81. The number of hydrogen-bond acceptors (Lipinski definition) is 3. The average Bonchev–Trinajstić information content (AvgIpc) is 2.81. The molecule has 0 fully saturated rings. The van der Waals surface area contributed by atoms with Crippen molar-refractivity contribution in [2.75, 3.05) is 6.61 Å². The van der Waals surface area contributed by atoms with Crippen molar-refractivity contribution in [3.05, 3.63) is 34.2 Å². The smallest absolute Gasteiger partial charge is 0.228 e. The molecule has 2 heterocycles. The molecule has 0 N–H and O–H groups in total. The van der Waals surface area contributed by atoms with Crippen LogP contribution in [-0.2, 0) is 4.74 Å². The summed E-state index contributed by atoms with van der Waals surface area (Å²) in [6, 6.07) is 8.10. The summed E-state index contributed by atoms with van der Waals surface area (Å²) in [6.45, 7) is 4.73. The first-order valence-electron chi connectivity index (χ1n) is 5.47. The molecule has 2 nitrogen and oxygen atoms in total. The maximum absolute atomic E-state index is 6.38. The lowest BCUT2D eigenvalue weighted by Crippen LogP contribution is -2.17. The lowest BCUT2D eigenvalue weighted by Gasteiger charge is -2.07. The Balaban J connectivity index is 2.16. The first kappa shape index (κ1) is 11.1. The van der Waals surface area contributed by atoms with Crippen LogP contribution in [0.1, 0.15) is 18.7 Å². The molecule has 3 rings (SSSR count). The van der Waals surface area contributed by atoms with E-state index < -0.39 is 0 Å². The third-order valence-electron chi connectivity index (χ3n) is 2.70. The second-order valence-corrected chi connectivity index (χ2v) is 6.19. The molecule has 2 aromatic rings. The molecule has 0 unspecified atom stereocenters. The Morgan fingerprint density at radius 2 is 2.12 bits per heavy atom. The van der Waals surface area contributed by atoms with Gasteiger partial charge in [-0.25, -0.2) is 4.99 Å². The van der Waals surface area contributed by atoms with Gasteiger partial charge in [0, 0.05) is 10.1 Å². The van der Waals surface area contributed by atoms with E-state index >= 15 is 0 Å². The first-order chi connectivity index (χ1) is 8.07. The third kappa shape index (κ3) is 1.83. The van der Waals surface area contributed by atoms with Crippen molar-refractivity contribution in [3.8, 4) is 0 Å². The highest BCUT2D eigenvalue weighted by molar-refractivity contribution is 7.21. The topological polar surface area (TPSA) is 21.6 Å². The van der Waals surface area contributed by atoms with Crippen molar-refractivity contribution in [1.29, 1.82) is 0 Å². The van der Waals surface area contributed by atoms with Crippen LogP contribution in [0.25, 0.3) is 10.1 Å². The van der Waals surface area contributed by atoms with Crippen LogP contribution in [-0.4, -0.2) is 18.0 Å². The Hall–Kier alpha value is -1.06. The number of fused-ring (bicyclic) bond motifs is 1. The molecule has 1 aromatic heterocycles. The predicted octanol–water partition coefficient (Wildman–Crippen LogP) is 4.11. The minimum absolute atomic E-state index is 0.144. The number of aliphatic imine (C=N–C) groups is 1. The van der Waals surface area contributed by atoms with E-state index in [1.807, 2.05) is 18.2 Å². The molecule has 0 bridgehead atoms. The Morgan fingerprint density at radius 1 is 1.35 bits per heavy atom. The van der Waals surface area contributed by atoms with Gasteiger partial charge < -0.3 is 4.74 Å². The van der Waals surface area contributed by atoms with Gasteiger partial charge in [-0.1, -0.05) is 29.8 Å². The van der Waals surface area contributed by atoms with E-state index in [9.17, 15) is 0 Å². The molecule has 17 heavy (non-hydrogen) atoms. The van der Waals surface area contributed by atoms with E-state index in [2.05, 4.69) is 24.9 Å². The van der Waals surface area contributed by atoms with Crippen LogP contribution in [0.2, 0.25) is 5.02 Å². The highest BCUT2D eigenvalue weighted by Gasteiger charge is 2.29. The number of nitrogens with zero attached hydrogens (tertiary/aromatic N) is 1. The Bertz CT molecular complexity index is 615. The molecular formula is C13H12ClNOS. The van der Waals surface area contributed by atoms with Gasteiger partial charge in [-0.3, -0.25) is 0 Å². The molecule has 0 saturated carbocycles. The van der Waals surface area contributed by atoms with Gasteiger partial charge in [0.2, 0.25) is 5.90 Å². The van der Waals surface area contributed by atoms with Gasteiger partial charge in [0.25, 0.3) is 0 Å². The summed E-state index contributed by atoms with van der Waals surface area (Å²) in [4.78, 5) is 5.51. The number of halogens is 1. The molecule has 0 saturated heterocycles. The van der Waals surface area contributed by atoms with Crippen molar-refractivity contribution in [3.63, 3.8) is 0 Å². The van der Waals surface area contributed by atoms with Gasteiger partial charge in [-0.2, -0.15) is 0 Å². The predicted molar refractivity (Wildman–Crippen MR) is 73.4 cm³/mol. The number of ether oxygens (including phenoxy) is 1. The second-order valence-electron chi connectivity index (χ2n) is 4.76. The van der Waals surface area contributed by atoms with Crippen LogP contribution in [0.15, 0.2) is 29.3 Å². The third-order valence-corrected chi connectivity index (χ3v) is 4.36. The molecule has 0 radical (unpaired) electrons. The van der Waals surface area contributed by atoms with Gasteiger partial charge in [-0.15, -0.1) is 11.3 Å². The second kappa shape index (κ2) is 3.72. The maximum atomic E-state index is 6.38. The van der Waals surface area contributed by atoms with Crippen molar-refractivity contribution < 1.29 is 4.74 Å². The normalized spacial score (nSPS) is 18.2. The summed E-state index contributed by atoms with van der Waals surface area (Å²) in [5.41, 5.74) is -0.144. The molecule has 0 aliphatic carbocycles. The fraction of sp³-hybridized carbons (Fsp3) is 0.308. The van der Waals surface area contributed by atoms with Crippen LogP contribution in [0.3, 0.4) is 0 Å². The molecule has 1 aliphatic rings. The molecule has 0 atom stereocenters. The number of thiophene rings is 1. The fourth-order valence-corrected chi connectivity index (χ4v) is 3.31. The van der Waals surface area contributed by atoms with E-state index in [0.717, 1.165) is 15.3 Å². The minimum atomic E-state index is -0.144. The van der Waals surface area contributed by atoms with Crippen LogP contribution in [0.4, 0.5) is 0 Å². The number of hydrogen-bond donors (Lipinski definition) is 0. The van der Waals surface area contributed by atoms with E-state index in [-0.39, 0.29) is 5.54 Å². The van der Waals surface area contributed by atoms with Gasteiger partial charge in [0.15, 0.2) is 0 Å². The van der Waals surface area contributed by atoms with E-state index in [4.69, 9.17) is 16.3 Å². The molecule has 0 spiro atoms. The summed E-state index contributed by atoms with van der Waals surface area (Å²) in [6.07, 6.45) is 0. The van der Waals surface area contributed by atoms with Crippen LogP contribution < -0.4 is 0 Å². The van der Waals surface area contributed by atoms with Gasteiger partial charge in [0.1, 0.15) is 11.5 Å². The highest BCUT2D eigenvalue weighted by atomic mass is 35.5. The van der Waals surface area contributed by atoms with Crippen molar-refractivity contribution >= 4 is 38.9 Å². The van der Waals surface area contributed by atoms with E-state index in [1.165, 1.54) is 4.70 Å². The summed E-state index contributed by atoms with van der Waals surface area (Å²) >= 11 is 8.01. The van der Waals surface area contributed by atoms with Gasteiger partial charge >= 0.3 is 0 Å². The highest BCUT2D eigenvalue weighted by Crippen LogP contribution is 2.37.